The Balaban J connectivity index is 2.08. The molecule has 0 bridgehead atoms. The van der Waals surface area contributed by atoms with Gasteiger partial charge in [-0.05, 0) is 13.3 Å². The Kier molecular flexibility index (Phi) is 2.36. The minimum Gasteiger partial charge on any atom is -0.377 e. The van der Waals surface area contributed by atoms with Crippen molar-refractivity contribution in [2.75, 3.05) is 6.61 Å². The molecule has 1 saturated heterocycles. The molecule has 2 unspecified atom stereocenters. The molecule has 0 spiro atoms. The molecule has 0 aliphatic carbocycles. The van der Waals surface area contributed by atoms with Crippen molar-refractivity contribution in [3.05, 3.63) is 16.6 Å². The van der Waals surface area contributed by atoms with Gasteiger partial charge in [-0.2, -0.15) is 0 Å². The van der Waals surface area contributed by atoms with Gasteiger partial charge in [-0.15, -0.1) is 11.3 Å². The van der Waals surface area contributed by atoms with E-state index in [1.54, 1.807) is 11.3 Å². The molecule has 0 radical (unpaired) electrons. The molecule has 13 heavy (non-hydrogen) atoms. The van der Waals surface area contributed by atoms with Gasteiger partial charge >= 0.3 is 0 Å². The standard InChI is InChI=1S/C9H14N2OS/c1-7-9(10,2-4-12-7)6-8-11-3-5-13-8/h3,5,7H,2,4,6,10H2,1H3. The van der Waals surface area contributed by atoms with E-state index in [4.69, 9.17) is 10.5 Å². The number of nitrogens with zero attached hydrogens (tertiary/aromatic N) is 1. The van der Waals surface area contributed by atoms with Crippen LogP contribution in [0.4, 0.5) is 0 Å². The number of ether oxygens (including phenoxy) is 1. The molecule has 0 saturated carbocycles. The fraction of sp³-hybridized carbons (Fsp3) is 0.667. The summed E-state index contributed by atoms with van der Waals surface area (Å²) < 4.78 is 5.47. The first-order chi connectivity index (χ1) is 6.21. The predicted molar refractivity (Wildman–Crippen MR) is 52.8 cm³/mol. The van der Waals surface area contributed by atoms with E-state index in [2.05, 4.69) is 4.98 Å². The average Bonchev–Trinajstić information content (AvgIpc) is 2.65. The fourth-order valence-corrected chi connectivity index (χ4v) is 2.40. The van der Waals surface area contributed by atoms with E-state index in [1.165, 1.54) is 0 Å². The van der Waals surface area contributed by atoms with Crippen LogP contribution in [0.25, 0.3) is 0 Å². The Labute approximate surface area is 81.9 Å². The molecule has 1 aliphatic heterocycles. The van der Waals surface area contributed by atoms with E-state index in [0.717, 1.165) is 24.5 Å². The molecule has 1 fully saturated rings. The van der Waals surface area contributed by atoms with Gasteiger partial charge in [0.05, 0.1) is 16.7 Å². The van der Waals surface area contributed by atoms with Crippen LogP contribution in [0.15, 0.2) is 11.6 Å². The number of hydrogen-bond donors (Lipinski definition) is 1. The van der Waals surface area contributed by atoms with Gasteiger partial charge in [0.1, 0.15) is 0 Å². The van der Waals surface area contributed by atoms with Gasteiger partial charge in [0.25, 0.3) is 0 Å². The van der Waals surface area contributed by atoms with E-state index in [0.29, 0.717) is 0 Å². The van der Waals surface area contributed by atoms with E-state index in [9.17, 15) is 0 Å². The van der Waals surface area contributed by atoms with Gasteiger partial charge in [-0.25, -0.2) is 4.98 Å². The second kappa shape index (κ2) is 3.36. The first-order valence-corrected chi connectivity index (χ1v) is 5.37. The van der Waals surface area contributed by atoms with Crippen LogP contribution in [0.5, 0.6) is 0 Å². The molecule has 2 heterocycles. The number of aromatic nitrogens is 1. The van der Waals surface area contributed by atoms with Crippen molar-refractivity contribution in [1.29, 1.82) is 0 Å². The van der Waals surface area contributed by atoms with E-state index in [1.807, 2.05) is 18.5 Å². The summed E-state index contributed by atoms with van der Waals surface area (Å²) in [7, 11) is 0. The van der Waals surface area contributed by atoms with Gasteiger partial charge in [0.2, 0.25) is 0 Å². The summed E-state index contributed by atoms with van der Waals surface area (Å²) in [5, 5.41) is 3.10. The lowest BCUT2D eigenvalue weighted by atomic mass is 9.90. The first kappa shape index (κ1) is 9.12. The Morgan fingerprint density at radius 1 is 1.85 bits per heavy atom. The van der Waals surface area contributed by atoms with Crippen molar-refractivity contribution >= 4 is 11.3 Å². The maximum atomic E-state index is 6.24. The number of thiazole rings is 1. The van der Waals surface area contributed by atoms with Crippen LogP contribution < -0.4 is 5.73 Å². The molecule has 2 N–H and O–H groups in total. The van der Waals surface area contributed by atoms with Crippen molar-refractivity contribution in [3.63, 3.8) is 0 Å². The summed E-state index contributed by atoms with van der Waals surface area (Å²) in [6.45, 7) is 2.82. The molecule has 3 nitrogen and oxygen atoms in total. The van der Waals surface area contributed by atoms with Crippen LogP contribution in [0, 0.1) is 0 Å². The number of nitrogens with two attached hydrogens (primary N) is 1. The molecule has 1 aromatic rings. The minimum absolute atomic E-state index is 0.149. The summed E-state index contributed by atoms with van der Waals surface area (Å²) in [5.74, 6) is 0. The number of rotatable bonds is 2. The molecular formula is C9H14N2OS. The van der Waals surface area contributed by atoms with Gasteiger partial charge < -0.3 is 10.5 Å². The molecule has 1 aliphatic rings. The van der Waals surface area contributed by atoms with Crippen molar-refractivity contribution in [2.24, 2.45) is 5.73 Å². The van der Waals surface area contributed by atoms with Crippen LogP contribution in [0.3, 0.4) is 0 Å². The van der Waals surface area contributed by atoms with Crippen molar-refractivity contribution in [1.82, 2.24) is 4.98 Å². The van der Waals surface area contributed by atoms with Gasteiger partial charge in [0, 0.05) is 24.6 Å². The molecule has 2 rings (SSSR count). The maximum absolute atomic E-state index is 6.24. The third-order valence-corrected chi connectivity index (χ3v) is 3.49. The lowest BCUT2D eigenvalue weighted by molar-refractivity contribution is 0.0955. The topological polar surface area (TPSA) is 48.1 Å². The molecule has 1 aromatic heterocycles. The van der Waals surface area contributed by atoms with Crippen molar-refractivity contribution in [3.8, 4) is 0 Å². The largest absolute Gasteiger partial charge is 0.377 e. The SMILES string of the molecule is CC1OCCC1(N)Cc1nccs1. The van der Waals surface area contributed by atoms with E-state index < -0.39 is 0 Å². The molecule has 2 atom stereocenters. The highest BCUT2D eigenvalue weighted by Gasteiger charge is 2.38. The lowest BCUT2D eigenvalue weighted by Gasteiger charge is -2.26. The average molecular weight is 198 g/mol. The third-order valence-electron chi connectivity index (χ3n) is 2.71. The summed E-state index contributed by atoms with van der Waals surface area (Å²) in [6.07, 6.45) is 3.75. The van der Waals surface area contributed by atoms with E-state index in [-0.39, 0.29) is 11.6 Å². The van der Waals surface area contributed by atoms with Gasteiger partial charge in [0.15, 0.2) is 0 Å². The molecule has 4 heteroatoms. The van der Waals surface area contributed by atoms with Gasteiger partial charge in [-0.3, -0.25) is 0 Å². The zero-order valence-electron chi connectivity index (χ0n) is 7.69. The van der Waals surface area contributed by atoms with Crippen molar-refractivity contribution in [2.45, 2.75) is 31.4 Å². The second-order valence-corrected chi connectivity index (χ2v) is 4.58. The molecular weight excluding hydrogens is 184 g/mol. The highest BCUT2D eigenvalue weighted by molar-refractivity contribution is 7.09. The van der Waals surface area contributed by atoms with E-state index >= 15 is 0 Å². The monoisotopic (exact) mass is 198 g/mol. The second-order valence-electron chi connectivity index (χ2n) is 3.60. The summed E-state index contributed by atoms with van der Waals surface area (Å²) in [4.78, 5) is 4.24. The quantitative estimate of drug-likeness (QED) is 0.776. The Morgan fingerprint density at radius 3 is 3.23 bits per heavy atom. The van der Waals surface area contributed by atoms with Crippen molar-refractivity contribution < 1.29 is 4.74 Å². The highest BCUT2D eigenvalue weighted by atomic mass is 32.1. The summed E-state index contributed by atoms with van der Waals surface area (Å²) in [6, 6.07) is 0. The van der Waals surface area contributed by atoms with Crippen LogP contribution in [-0.4, -0.2) is 23.2 Å². The number of hydrogen-bond acceptors (Lipinski definition) is 4. The first-order valence-electron chi connectivity index (χ1n) is 4.49. The Bertz CT molecular complexity index is 275. The molecule has 0 aromatic carbocycles. The molecule has 72 valence electrons. The smallest absolute Gasteiger partial charge is 0.0944 e. The highest BCUT2D eigenvalue weighted by Crippen LogP contribution is 2.27. The van der Waals surface area contributed by atoms with Gasteiger partial charge in [-0.1, -0.05) is 0 Å². The minimum atomic E-state index is -0.197. The Morgan fingerprint density at radius 2 is 2.69 bits per heavy atom. The lowest BCUT2D eigenvalue weighted by Crippen LogP contribution is -2.47. The van der Waals surface area contributed by atoms with Crippen LogP contribution in [0.1, 0.15) is 18.4 Å². The summed E-state index contributed by atoms with van der Waals surface area (Å²) in [5.41, 5.74) is 6.04. The maximum Gasteiger partial charge on any atom is 0.0944 e. The van der Waals surface area contributed by atoms with Crippen LogP contribution in [0.2, 0.25) is 0 Å². The van der Waals surface area contributed by atoms with Crippen LogP contribution >= 0.6 is 11.3 Å². The predicted octanol–water partition coefficient (Wildman–Crippen LogP) is 1.19. The summed E-state index contributed by atoms with van der Waals surface area (Å²) >= 11 is 1.66. The fourth-order valence-electron chi connectivity index (χ4n) is 1.65. The third kappa shape index (κ3) is 1.75. The van der Waals surface area contributed by atoms with Crippen LogP contribution in [-0.2, 0) is 11.2 Å². The zero-order valence-corrected chi connectivity index (χ0v) is 8.51. The normalized spacial score (nSPS) is 33.8. The zero-order chi connectivity index (χ0) is 9.31. The Hall–Kier alpha value is -0.450. The molecule has 0 amide bonds.